The van der Waals surface area contributed by atoms with Gasteiger partial charge in [0, 0.05) is 27.1 Å². The number of benzene rings is 1. The van der Waals surface area contributed by atoms with E-state index in [1.165, 1.54) is 12.1 Å². The van der Waals surface area contributed by atoms with Gasteiger partial charge in [0.25, 0.3) is 0 Å². The fourth-order valence-corrected chi connectivity index (χ4v) is 2.84. The highest BCUT2D eigenvalue weighted by molar-refractivity contribution is 5.84. The second-order valence-corrected chi connectivity index (χ2v) is 5.43. The van der Waals surface area contributed by atoms with Crippen LogP contribution in [0, 0.1) is 11.7 Å². The number of carbonyl (C=O) groups is 2. The van der Waals surface area contributed by atoms with E-state index in [0.717, 1.165) is 5.56 Å². The van der Waals surface area contributed by atoms with Crippen molar-refractivity contribution < 1.29 is 18.7 Å². The first-order valence-corrected chi connectivity index (χ1v) is 7.32. The predicted octanol–water partition coefficient (Wildman–Crippen LogP) is 1.50. The van der Waals surface area contributed by atoms with Crippen LogP contribution in [0.2, 0.25) is 0 Å². The van der Waals surface area contributed by atoms with E-state index in [1.54, 1.807) is 31.2 Å². The quantitative estimate of drug-likeness (QED) is 0.839. The molecular formula is C16H21FN2O3. The van der Waals surface area contributed by atoms with Crippen LogP contribution < -0.4 is 5.32 Å². The summed E-state index contributed by atoms with van der Waals surface area (Å²) in [5.41, 5.74) is 0.767. The predicted molar refractivity (Wildman–Crippen MR) is 79.5 cm³/mol. The molecule has 22 heavy (non-hydrogen) atoms. The van der Waals surface area contributed by atoms with E-state index in [2.05, 4.69) is 5.32 Å². The molecule has 1 aromatic rings. The van der Waals surface area contributed by atoms with Crippen LogP contribution in [0.4, 0.5) is 4.39 Å². The molecule has 0 bridgehead atoms. The number of ether oxygens (including phenoxy) is 1. The number of methoxy groups -OCH3 is 1. The van der Waals surface area contributed by atoms with Crippen molar-refractivity contribution in [3.05, 3.63) is 35.6 Å². The van der Waals surface area contributed by atoms with E-state index in [0.29, 0.717) is 26.0 Å². The summed E-state index contributed by atoms with van der Waals surface area (Å²) in [7, 11) is 3.26. The first kappa shape index (κ1) is 16.4. The van der Waals surface area contributed by atoms with Gasteiger partial charge < -0.3 is 15.0 Å². The summed E-state index contributed by atoms with van der Waals surface area (Å²) in [6.45, 7) is 0.869. The van der Waals surface area contributed by atoms with Crippen LogP contribution in [0.15, 0.2) is 24.3 Å². The molecular weight excluding hydrogens is 287 g/mol. The van der Waals surface area contributed by atoms with E-state index >= 15 is 0 Å². The van der Waals surface area contributed by atoms with Crippen molar-refractivity contribution in [2.75, 3.05) is 27.3 Å². The standard InChI is InChI=1S/C16H21FN2O3/c1-19-14(20)8-7-13(16(21)18-9-10-22-2)15(19)11-3-5-12(17)6-4-11/h3-6,13,15H,7-10H2,1-2H3,(H,18,21). The Morgan fingerprint density at radius 3 is 2.73 bits per heavy atom. The molecule has 0 aliphatic carbocycles. The SMILES string of the molecule is COCCNC(=O)C1CCC(=O)N(C)C1c1ccc(F)cc1. The molecule has 1 saturated heterocycles. The van der Waals surface area contributed by atoms with Crippen molar-refractivity contribution in [3.63, 3.8) is 0 Å². The van der Waals surface area contributed by atoms with E-state index in [4.69, 9.17) is 4.74 Å². The monoisotopic (exact) mass is 308 g/mol. The average Bonchev–Trinajstić information content (AvgIpc) is 2.51. The summed E-state index contributed by atoms with van der Waals surface area (Å²) in [5, 5.41) is 2.82. The molecule has 1 aliphatic rings. The topological polar surface area (TPSA) is 58.6 Å². The maximum absolute atomic E-state index is 13.1. The third kappa shape index (κ3) is 3.62. The number of amides is 2. The van der Waals surface area contributed by atoms with Gasteiger partial charge in [0.2, 0.25) is 11.8 Å². The molecule has 1 N–H and O–H groups in total. The Bertz CT molecular complexity index is 533. The molecule has 1 aliphatic heterocycles. The Kier molecular flexibility index (Phi) is 5.49. The van der Waals surface area contributed by atoms with Gasteiger partial charge in [0.15, 0.2) is 0 Å². The molecule has 1 aromatic carbocycles. The summed E-state index contributed by atoms with van der Waals surface area (Å²) in [4.78, 5) is 26.0. The number of likely N-dealkylation sites (tertiary alicyclic amines) is 1. The maximum Gasteiger partial charge on any atom is 0.225 e. The van der Waals surface area contributed by atoms with Crippen LogP contribution in [0.1, 0.15) is 24.4 Å². The molecule has 2 rings (SSSR count). The smallest absolute Gasteiger partial charge is 0.225 e. The van der Waals surface area contributed by atoms with Crippen molar-refractivity contribution >= 4 is 11.8 Å². The second kappa shape index (κ2) is 7.35. The molecule has 0 spiro atoms. The van der Waals surface area contributed by atoms with E-state index < -0.39 is 0 Å². The molecule has 0 saturated carbocycles. The highest BCUT2D eigenvalue weighted by atomic mass is 19.1. The van der Waals surface area contributed by atoms with Gasteiger partial charge in [0.1, 0.15) is 5.82 Å². The van der Waals surface area contributed by atoms with Crippen molar-refractivity contribution in [2.45, 2.75) is 18.9 Å². The molecule has 120 valence electrons. The van der Waals surface area contributed by atoms with Gasteiger partial charge in [-0.25, -0.2) is 4.39 Å². The van der Waals surface area contributed by atoms with Gasteiger partial charge in [-0.05, 0) is 24.1 Å². The van der Waals surface area contributed by atoms with E-state index in [-0.39, 0.29) is 29.6 Å². The molecule has 1 fully saturated rings. The molecule has 0 radical (unpaired) electrons. The third-order valence-corrected chi connectivity index (χ3v) is 4.01. The van der Waals surface area contributed by atoms with Crippen LogP contribution in [-0.2, 0) is 14.3 Å². The summed E-state index contributed by atoms with van der Waals surface area (Å²) in [6, 6.07) is 5.59. The normalized spacial score (nSPS) is 21.8. The van der Waals surface area contributed by atoms with Crippen molar-refractivity contribution in [1.29, 1.82) is 0 Å². The number of carbonyl (C=O) groups excluding carboxylic acids is 2. The minimum absolute atomic E-state index is 0.00438. The summed E-state index contributed by atoms with van der Waals surface area (Å²) < 4.78 is 18.0. The minimum atomic E-state index is -0.371. The number of nitrogens with zero attached hydrogens (tertiary/aromatic N) is 1. The number of nitrogens with one attached hydrogen (secondary N) is 1. The molecule has 2 amide bonds. The molecule has 5 nitrogen and oxygen atoms in total. The van der Waals surface area contributed by atoms with Gasteiger partial charge in [-0.15, -0.1) is 0 Å². The minimum Gasteiger partial charge on any atom is -0.383 e. The van der Waals surface area contributed by atoms with Crippen LogP contribution in [0.3, 0.4) is 0 Å². The number of hydrogen-bond donors (Lipinski definition) is 1. The molecule has 0 aromatic heterocycles. The van der Waals surface area contributed by atoms with Gasteiger partial charge in [-0.2, -0.15) is 0 Å². The largest absolute Gasteiger partial charge is 0.383 e. The zero-order valence-electron chi connectivity index (χ0n) is 12.8. The number of piperidine rings is 1. The highest BCUT2D eigenvalue weighted by Crippen LogP contribution is 2.35. The van der Waals surface area contributed by atoms with Crippen LogP contribution in [0.25, 0.3) is 0 Å². The number of rotatable bonds is 5. The molecule has 2 atom stereocenters. The lowest BCUT2D eigenvalue weighted by molar-refractivity contribution is -0.141. The summed E-state index contributed by atoms with van der Waals surface area (Å²) in [5.74, 6) is -0.791. The first-order chi connectivity index (χ1) is 10.5. The zero-order valence-corrected chi connectivity index (χ0v) is 12.8. The molecule has 1 heterocycles. The number of hydrogen-bond acceptors (Lipinski definition) is 3. The fourth-order valence-electron chi connectivity index (χ4n) is 2.84. The lowest BCUT2D eigenvalue weighted by Gasteiger charge is -2.38. The van der Waals surface area contributed by atoms with Crippen LogP contribution >= 0.6 is 0 Å². The molecule has 2 unspecified atom stereocenters. The van der Waals surface area contributed by atoms with Crippen molar-refractivity contribution in [1.82, 2.24) is 10.2 Å². The lowest BCUT2D eigenvalue weighted by Crippen LogP contribution is -2.46. The van der Waals surface area contributed by atoms with E-state index in [9.17, 15) is 14.0 Å². The Hall–Kier alpha value is -1.95. The number of halogens is 1. The average molecular weight is 308 g/mol. The molecule has 6 heteroatoms. The third-order valence-electron chi connectivity index (χ3n) is 4.01. The van der Waals surface area contributed by atoms with Gasteiger partial charge >= 0.3 is 0 Å². The lowest BCUT2D eigenvalue weighted by atomic mass is 9.84. The summed E-state index contributed by atoms with van der Waals surface area (Å²) >= 11 is 0. The van der Waals surface area contributed by atoms with E-state index in [1.807, 2.05) is 0 Å². The fraction of sp³-hybridized carbons (Fsp3) is 0.500. The Morgan fingerprint density at radius 2 is 2.09 bits per heavy atom. The summed E-state index contributed by atoms with van der Waals surface area (Å²) in [6.07, 6.45) is 0.834. The Morgan fingerprint density at radius 1 is 1.41 bits per heavy atom. The van der Waals surface area contributed by atoms with Gasteiger partial charge in [-0.3, -0.25) is 9.59 Å². The van der Waals surface area contributed by atoms with Gasteiger partial charge in [-0.1, -0.05) is 12.1 Å². The van der Waals surface area contributed by atoms with Crippen LogP contribution in [0.5, 0.6) is 0 Å². The van der Waals surface area contributed by atoms with Crippen molar-refractivity contribution in [3.8, 4) is 0 Å². The van der Waals surface area contributed by atoms with Crippen LogP contribution in [-0.4, -0.2) is 44.0 Å². The van der Waals surface area contributed by atoms with Crippen molar-refractivity contribution in [2.24, 2.45) is 5.92 Å². The highest BCUT2D eigenvalue weighted by Gasteiger charge is 2.38. The Labute approximate surface area is 129 Å². The zero-order chi connectivity index (χ0) is 16.1. The Balaban J connectivity index is 2.20. The van der Waals surface area contributed by atoms with Gasteiger partial charge in [0.05, 0.1) is 18.6 Å². The first-order valence-electron chi connectivity index (χ1n) is 7.32. The second-order valence-electron chi connectivity index (χ2n) is 5.43. The maximum atomic E-state index is 13.1.